The Kier molecular flexibility index (Phi) is 6.15. The number of hydrogen-bond acceptors (Lipinski definition) is 1. The number of amides is 1. The molecule has 0 aliphatic heterocycles. The van der Waals surface area contributed by atoms with E-state index in [1.165, 1.54) is 6.42 Å². The maximum absolute atomic E-state index is 11.7. The highest BCUT2D eigenvalue weighted by atomic mass is 127. The number of allylic oxidation sites excluding steroid dienone is 1. The Hall–Kier alpha value is -0.840. The molecule has 1 N–H and O–H groups in total. The summed E-state index contributed by atoms with van der Waals surface area (Å²) >= 11 is 2.15. The molecule has 16 heavy (non-hydrogen) atoms. The average Bonchev–Trinajstić information content (AvgIpc) is 2.30. The molecule has 0 saturated heterocycles. The van der Waals surface area contributed by atoms with Gasteiger partial charge >= 0.3 is 0 Å². The summed E-state index contributed by atoms with van der Waals surface area (Å²) in [7, 11) is 0. The highest BCUT2D eigenvalue weighted by molar-refractivity contribution is 14.1. The number of carbonyl (C=O) groups excluding carboxylic acids is 1. The van der Waals surface area contributed by atoms with E-state index in [4.69, 9.17) is 0 Å². The number of rotatable bonds is 5. The Morgan fingerprint density at radius 2 is 2.06 bits per heavy atom. The van der Waals surface area contributed by atoms with Gasteiger partial charge in [-0.2, -0.15) is 0 Å². The first-order valence-electron chi connectivity index (χ1n) is 5.46. The van der Waals surface area contributed by atoms with Crippen molar-refractivity contribution in [2.24, 2.45) is 0 Å². The minimum absolute atomic E-state index is 0.0438. The highest BCUT2D eigenvalue weighted by Crippen LogP contribution is 2.07. The smallest absolute Gasteiger partial charge is 0.255 e. The standard InChI is InChI=1S/C13H16INO/c1-2-3-5-10-12(14)15-13(16)11-8-6-4-7-9-11/h4,6-10H,2-3,5H2,1H3,(H,15,16). The van der Waals surface area contributed by atoms with Crippen molar-refractivity contribution in [3.8, 4) is 0 Å². The molecule has 0 saturated carbocycles. The zero-order valence-electron chi connectivity index (χ0n) is 9.37. The number of unbranched alkanes of at least 4 members (excludes halogenated alkanes) is 2. The van der Waals surface area contributed by atoms with E-state index in [2.05, 4.69) is 40.9 Å². The number of benzene rings is 1. The van der Waals surface area contributed by atoms with Crippen molar-refractivity contribution < 1.29 is 4.79 Å². The van der Waals surface area contributed by atoms with Crippen molar-refractivity contribution in [1.82, 2.24) is 5.32 Å². The second-order valence-corrected chi connectivity index (χ2v) is 4.68. The molecular weight excluding hydrogens is 313 g/mol. The van der Waals surface area contributed by atoms with Crippen molar-refractivity contribution in [3.05, 3.63) is 45.7 Å². The largest absolute Gasteiger partial charge is 0.317 e. The molecule has 0 aliphatic carbocycles. The van der Waals surface area contributed by atoms with Gasteiger partial charge in [0.25, 0.3) is 5.91 Å². The van der Waals surface area contributed by atoms with Crippen LogP contribution in [0, 0.1) is 0 Å². The molecule has 1 aromatic carbocycles. The van der Waals surface area contributed by atoms with Gasteiger partial charge in [-0.3, -0.25) is 4.79 Å². The predicted molar refractivity (Wildman–Crippen MR) is 75.5 cm³/mol. The molecule has 1 aromatic rings. The lowest BCUT2D eigenvalue weighted by molar-refractivity contribution is 0.0969. The first-order chi connectivity index (χ1) is 7.74. The van der Waals surface area contributed by atoms with Crippen LogP contribution in [0.2, 0.25) is 0 Å². The normalized spacial score (nSPS) is 11.2. The van der Waals surface area contributed by atoms with Gasteiger partial charge in [0, 0.05) is 5.56 Å². The van der Waals surface area contributed by atoms with Crippen molar-refractivity contribution in [2.45, 2.75) is 26.2 Å². The van der Waals surface area contributed by atoms with Gasteiger partial charge in [-0.15, -0.1) is 0 Å². The monoisotopic (exact) mass is 329 g/mol. The minimum Gasteiger partial charge on any atom is -0.317 e. The van der Waals surface area contributed by atoms with Crippen LogP contribution in [0.4, 0.5) is 0 Å². The summed E-state index contributed by atoms with van der Waals surface area (Å²) in [4.78, 5) is 11.7. The molecule has 1 amide bonds. The van der Waals surface area contributed by atoms with Gasteiger partial charge in [0.2, 0.25) is 0 Å². The van der Waals surface area contributed by atoms with E-state index in [9.17, 15) is 4.79 Å². The number of nitrogens with one attached hydrogen (secondary N) is 1. The molecule has 0 aromatic heterocycles. The van der Waals surface area contributed by atoms with Crippen LogP contribution >= 0.6 is 22.6 Å². The fourth-order valence-corrected chi connectivity index (χ4v) is 1.81. The van der Waals surface area contributed by atoms with Gasteiger partial charge in [0.05, 0.1) is 3.70 Å². The number of hydrogen-bond donors (Lipinski definition) is 1. The van der Waals surface area contributed by atoms with Crippen LogP contribution in [0.5, 0.6) is 0 Å². The van der Waals surface area contributed by atoms with Crippen molar-refractivity contribution in [3.63, 3.8) is 0 Å². The Bertz CT molecular complexity index is 359. The fourth-order valence-electron chi connectivity index (χ4n) is 1.25. The summed E-state index contributed by atoms with van der Waals surface area (Å²) in [5.74, 6) is -0.0438. The summed E-state index contributed by atoms with van der Waals surface area (Å²) in [6.45, 7) is 2.16. The lowest BCUT2D eigenvalue weighted by Gasteiger charge is -2.03. The summed E-state index contributed by atoms with van der Waals surface area (Å²) in [6, 6.07) is 9.25. The number of halogens is 1. The van der Waals surface area contributed by atoms with E-state index in [0.29, 0.717) is 5.56 Å². The zero-order chi connectivity index (χ0) is 11.8. The molecule has 0 fully saturated rings. The van der Waals surface area contributed by atoms with E-state index < -0.39 is 0 Å². The van der Waals surface area contributed by atoms with Crippen LogP contribution in [0.15, 0.2) is 40.1 Å². The van der Waals surface area contributed by atoms with E-state index in [-0.39, 0.29) is 5.91 Å². The Morgan fingerprint density at radius 3 is 2.69 bits per heavy atom. The molecule has 0 spiro atoms. The molecule has 0 atom stereocenters. The van der Waals surface area contributed by atoms with Crippen LogP contribution in [0.3, 0.4) is 0 Å². The third kappa shape index (κ3) is 4.79. The van der Waals surface area contributed by atoms with E-state index in [0.717, 1.165) is 16.5 Å². The molecule has 0 radical (unpaired) electrons. The molecule has 1 rings (SSSR count). The van der Waals surface area contributed by atoms with Gasteiger partial charge in [-0.1, -0.05) is 37.6 Å². The lowest BCUT2D eigenvalue weighted by Crippen LogP contribution is -2.19. The van der Waals surface area contributed by atoms with Crippen LogP contribution in [-0.2, 0) is 0 Å². The minimum atomic E-state index is -0.0438. The van der Waals surface area contributed by atoms with E-state index in [1.54, 1.807) is 0 Å². The molecule has 3 heteroatoms. The summed E-state index contributed by atoms with van der Waals surface area (Å²) in [6.07, 6.45) is 5.41. The SMILES string of the molecule is CCCCC=C(I)NC(=O)c1ccccc1. The van der Waals surface area contributed by atoms with Gasteiger partial charge in [0.15, 0.2) is 0 Å². The predicted octanol–water partition coefficient (Wildman–Crippen LogP) is 3.88. The van der Waals surface area contributed by atoms with Crippen LogP contribution in [-0.4, -0.2) is 5.91 Å². The fraction of sp³-hybridized carbons (Fsp3) is 0.308. The average molecular weight is 329 g/mol. The summed E-state index contributed by atoms with van der Waals surface area (Å²) < 4.78 is 0.903. The first kappa shape index (κ1) is 13.2. The molecule has 0 unspecified atom stereocenters. The second kappa shape index (κ2) is 7.44. The maximum atomic E-state index is 11.7. The van der Waals surface area contributed by atoms with Gasteiger partial charge in [-0.05, 0) is 47.6 Å². The zero-order valence-corrected chi connectivity index (χ0v) is 11.5. The second-order valence-electron chi connectivity index (χ2n) is 3.51. The van der Waals surface area contributed by atoms with Crippen molar-refractivity contribution in [2.75, 3.05) is 0 Å². The van der Waals surface area contributed by atoms with Crippen LogP contribution < -0.4 is 5.32 Å². The summed E-state index contributed by atoms with van der Waals surface area (Å²) in [5, 5.41) is 2.86. The first-order valence-corrected chi connectivity index (χ1v) is 6.54. The molecule has 0 heterocycles. The molecule has 2 nitrogen and oxygen atoms in total. The van der Waals surface area contributed by atoms with E-state index in [1.807, 2.05) is 30.3 Å². The van der Waals surface area contributed by atoms with Gasteiger partial charge in [0.1, 0.15) is 0 Å². The molecule has 0 bridgehead atoms. The summed E-state index contributed by atoms with van der Waals surface area (Å²) in [5.41, 5.74) is 0.695. The topological polar surface area (TPSA) is 29.1 Å². The van der Waals surface area contributed by atoms with Crippen LogP contribution in [0.25, 0.3) is 0 Å². The van der Waals surface area contributed by atoms with Crippen LogP contribution in [0.1, 0.15) is 36.5 Å². The Balaban J connectivity index is 2.48. The quantitative estimate of drug-likeness (QED) is 0.496. The van der Waals surface area contributed by atoms with Gasteiger partial charge in [-0.25, -0.2) is 0 Å². The molecule has 86 valence electrons. The maximum Gasteiger partial charge on any atom is 0.255 e. The van der Waals surface area contributed by atoms with Crippen molar-refractivity contribution >= 4 is 28.5 Å². The number of carbonyl (C=O) groups is 1. The Morgan fingerprint density at radius 1 is 1.38 bits per heavy atom. The third-order valence-electron chi connectivity index (χ3n) is 2.15. The Labute approximate surface area is 110 Å². The lowest BCUT2D eigenvalue weighted by atomic mass is 10.2. The third-order valence-corrected chi connectivity index (χ3v) is 2.86. The van der Waals surface area contributed by atoms with Gasteiger partial charge < -0.3 is 5.32 Å². The highest BCUT2D eigenvalue weighted by Gasteiger charge is 2.04. The molecular formula is C13H16INO. The van der Waals surface area contributed by atoms with E-state index >= 15 is 0 Å². The van der Waals surface area contributed by atoms with Crippen molar-refractivity contribution in [1.29, 1.82) is 0 Å². The molecule has 0 aliphatic rings.